The van der Waals surface area contributed by atoms with Gasteiger partial charge in [0, 0.05) is 13.2 Å². The molecule has 0 radical (unpaired) electrons. The second kappa shape index (κ2) is 6.03. The van der Waals surface area contributed by atoms with Crippen molar-refractivity contribution in [1.29, 1.82) is 0 Å². The number of hydrogen-bond acceptors (Lipinski definition) is 3. The zero-order valence-electron chi connectivity index (χ0n) is 10.6. The number of carbonyl (C=O) groups is 1. The first-order chi connectivity index (χ1) is 9.47. The van der Waals surface area contributed by atoms with Gasteiger partial charge in [0.2, 0.25) is 5.91 Å². The largest absolute Gasteiger partial charge is 0.392 e. The van der Waals surface area contributed by atoms with Crippen LogP contribution in [0.4, 0.5) is 10.1 Å². The molecular formula is C13H14ClFN2O2S. The first-order valence-electron chi connectivity index (χ1n) is 6.10. The van der Waals surface area contributed by atoms with Crippen LogP contribution in [0.2, 0.25) is 5.02 Å². The lowest BCUT2D eigenvalue weighted by Gasteiger charge is -2.34. The molecular weight excluding hydrogens is 303 g/mol. The highest BCUT2D eigenvalue weighted by atomic mass is 35.5. The molecule has 0 aliphatic carbocycles. The quantitative estimate of drug-likeness (QED) is 0.841. The number of nitrogens with two attached hydrogens (primary N) is 1. The summed E-state index contributed by atoms with van der Waals surface area (Å²) in [6.07, 6.45) is 0.750. The predicted octanol–water partition coefficient (Wildman–Crippen LogP) is 2.50. The van der Waals surface area contributed by atoms with Crippen LogP contribution in [0.1, 0.15) is 12.8 Å². The smallest absolute Gasteiger partial charge is 0.237 e. The van der Waals surface area contributed by atoms with Crippen LogP contribution in [-0.4, -0.2) is 24.1 Å². The van der Waals surface area contributed by atoms with Crippen molar-refractivity contribution in [2.75, 3.05) is 18.5 Å². The van der Waals surface area contributed by atoms with Crippen LogP contribution in [-0.2, 0) is 9.53 Å². The molecule has 4 nitrogen and oxygen atoms in total. The molecule has 0 unspecified atom stereocenters. The Morgan fingerprint density at radius 3 is 2.65 bits per heavy atom. The molecule has 7 heteroatoms. The molecule has 3 N–H and O–H groups in total. The Balaban J connectivity index is 2.28. The molecule has 1 aromatic rings. The van der Waals surface area contributed by atoms with Gasteiger partial charge in [-0.25, -0.2) is 4.39 Å². The first-order valence-corrected chi connectivity index (χ1v) is 6.89. The SMILES string of the molecule is NC(=S)C1(C(=O)Nc2c(F)cccc2Cl)CCOCC1. The summed E-state index contributed by atoms with van der Waals surface area (Å²) in [5.41, 5.74) is 4.65. The van der Waals surface area contributed by atoms with Crippen molar-refractivity contribution in [2.45, 2.75) is 12.8 Å². The van der Waals surface area contributed by atoms with E-state index in [4.69, 9.17) is 34.3 Å². The Bertz CT molecular complexity index is 527. The van der Waals surface area contributed by atoms with Crippen LogP contribution in [0.5, 0.6) is 0 Å². The standard InChI is InChI=1S/C13H14ClFN2O2S/c14-8-2-1-3-9(15)10(8)17-12(18)13(11(16)20)4-6-19-7-5-13/h1-3H,4-7H2,(H2,16,20)(H,17,18). The number of rotatable bonds is 3. The number of anilines is 1. The average molecular weight is 317 g/mol. The minimum atomic E-state index is -1.01. The zero-order valence-corrected chi connectivity index (χ0v) is 12.2. The van der Waals surface area contributed by atoms with Gasteiger partial charge in [-0.2, -0.15) is 0 Å². The number of amides is 1. The molecule has 1 amide bonds. The van der Waals surface area contributed by atoms with Crippen LogP contribution >= 0.6 is 23.8 Å². The van der Waals surface area contributed by atoms with Gasteiger partial charge in [-0.05, 0) is 25.0 Å². The molecule has 2 rings (SSSR count). The fraction of sp³-hybridized carbons (Fsp3) is 0.385. The Morgan fingerprint density at radius 2 is 2.10 bits per heavy atom. The van der Waals surface area contributed by atoms with E-state index < -0.39 is 17.1 Å². The lowest BCUT2D eigenvalue weighted by atomic mass is 9.79. The Hall–Kier alpha value is -1.24. The van der Waals surface area contributed by atoms with Crippen molar-refractivity contribution in [3.63, 3.8) is 0 Å². The number of ether oxygens (including phenoxy) is 1. The van der Waals surface area contributed by atoms with Crippen LogP contribution in [0, 0.1) is 11.2 Å². The fourth-order valence-corrected chi connectivity index (χ4v) is 2.66. The van der Waals surface area contributed by atoms with E-state index in [0.29, 0.717) is 26.1 Å². The number of hydrogen-bond donors (Lipinski definition) is 2. The van der Waals surface area contributed by atoms with Crippen molar-refractivity contribution in [3.8, 4) is 0 Å². The molecule has 0 saturated carbocycles. The van der Waals surface area contributed by atoms with Crippen LogP contribution in [0.25, 0.3) is 0 Å². The normalized spacial score (nSPS) is 17.5. The third kappa shape index (κ3) is 2.77. The van der Waals surface area contributed by atoms with E-state index in [1.165, 1.54) is 18.2 Å². The maximum absolute atomic E-state index is 13.7. The minimum Gasteiger partial charge on any atom is -0.392 e. The topological polar surface area (TPSA) is 64.4 Å². The molecule has 1 aliphatic heterocycles. The number of para-hydroxylation sites is 1. The number of benzene rings is 1. The van der Waals surface area contributed by atoms with Gasteiger partial charge >= 0.3 is 0 Å². The Labute approximate surface area is 126 Å². The van der Waals surface area contributed by atoms with Crippen molar-refractivity contribution in [3.05, 3.63) is 29.0 Å². The average Bonchev–Trinajstić information content (AvgIpc) is 2.43. The summed E-state index contributed by atoms with van der Waals surface area (Å²) in [6, 6.07) is 4.18. The van der Waals surface area contributed by atoms with Crippen molar-refractivity contribution >= 4 is 40.4 Å². The Kier molecular flexibility index (Phi) is 4.57. The highest BCUT2D eigenvalue weighted by molar-refractivity contribution is 7.80. The highest BCUT2D eigenvalue weighted by Gasteiger charge is 2.43. The third-order valence-electron chi connectivity index (χ3n) is 3.45. The van der Waals surface area contributed by atoms with Gasteiger partial charge in [0.25, 0.3) is 0 Å². The summed E-state index contributed by atoms with van der Waals surface area (Å²) in [4.78, 5) is 12.6. The van der Waals surface area contributed by atoms with E-state index in [1.54, 1.807) is 0 Å². The molecule has 108 valence electrons. The molecule has 1 fully saturated rings. The van der Waals surface area contributed by atoms with Crippen LogP contribution in [0.15, 0.2) is 18.2 Å². The summed E-state index contributed by atoms with van der Waals surface area (Å²) >= 11 is 10.9. The predicted molar refractivity (Wildman–Crippen MR) is 79.3 cm³/mol. The summed E-state index contributed by atoms with van der Waals surface area (Å²) in [7, 11) is 0. The van der Waals surface area contributed by atoms with Gasteiger partial charge in [-0.1, -0.05) is 29.9 Å². The van der Waals surface area contributed by atoms with Crippen LogP contribution < -0.4 is 11.1 Å². The van der Waals surface area contributed by atoms with Crippen molar-refractivity contribution in [2.24, 2.45) is 11.1 Å². The first kappa shape index (κ1) is 15.2. The molecule has 0 bridgehead atoms. The number of nitrogens with one attached hydrogen (secondary N) is 1. The molecule has 1 saturated heterocycles. The van der Waals surface area contributed by atoms with Crippen LogP contribution in [0.3, 0.4) is 0 Å². The second-order valence-electron chi connectivity index (χ2n) is 4.61. The number of halogens is 2. The van der Waals surface area contributed by atoms with Crippen molar-refractivity contribution < 1.29 is 13.9 Å². The molecule has 0 aromatic heterocycles. The van der Waals surface area contributed by atoms with E-state index >= 15 is 0 Å². The summed E-state index contributed by atoms with van der Waals surface area (Å²) in [5.74, 6) is -1.05. The van der Waals surface area contributed by atoms with Gasteiger partial charge in [-0.3, -0.25) is 4.79 Å². The van der Waals surface area contributed by atoms with Gasteiger partial charge < -0.3 is 15.8 Å². The summed E-state index contributed by atoms with van der Waals surface area (Å²) < 4.78 is 18.9. The number of thiocarbonyl (C=S) groups is 1. The maximum atomic E-state index is 13.7. The van der Waals surface area contributed by atoms with E-state index in [0.717, 1.165) is 0 Å². The van der Waals surface area contributed by atoms with E-state index in [9.17, 15) is 9.18 Å². The lowest BCUT2D eigenvalue weighted by Crippen LogP contribution is -2.49. The van der Waals surface area contributed by atoms with Gasteiger partial charge in [0.05, 0.1) is 15.7 Å². The van der Waals surface area contributed by atoms with Gasteiger partial charge in [-0.15, -0.1) is 0 Å². The summed E-state index contributed by atoms with van der Waals surface area (Å²) in [5, 5.41) is 2.63. The Morgan fingerprint density at radius 1 is 1.45 bits per heavy atom. The van der Waals surface area contributed by atoms with E-state index in [2.05, 4.69) is 5.32 Å². The lowest BCUT2D eigenvalue weighted by molar-refractivity contribution is -0.126. The molecule has 1 aromatic carbocycles. The fourth-order valence-electron chi connectivity index (χ4n) is 2.16. The third-order valence-corrected chi connectivity index (χ3v) is 4.16. The number of carbonyl (C=O) groups excluding carboxylic acids is 1. The molecule has 1 heterocycles. The maximum Gasteiger partial charge on any atom is 0.237 e. The van der Waals surface area contributed by atoms with Gasteiger partial charge in [0.1, 0.15) is 11.2 Å². The molecule has 1 aliphatic rings. The van der Waals surface area contributed by atoms with Crippen molar-refractivity contribution in [1.82, 2.24) is 0 Å². The second-order valence-corrected chi connectivity index (χ2v) is 5.46. The molecule has 20 heavy (non-hydrogen) atoms. The summed E-state index contributed by atoms with van der Waals surface area (Å²) in [6.45, 7) is 0.769. The molecule has 0 spiro atoms. The molecule has 0 atom stereocenters. The van der Waals surface area contributed by atoms with Gasteiger partial charge in [0.15, 0.2) is 0 Å². The van der Waals surface area contributed by atoms with E-state index in [1.807, 2.05) is 0 Å². The minimum absolute atomic E-state index is 0.0544. The zero-order chi connectivity index (χ0) is 14.8. The monoisotopic (exact) mass is 316 g/mol. The van der Waals surface area contributed by atoms with E-state index in [-0.39, 0.29) is 15.7 Å². The highest BCUT2D eigenvalue weighted by Crippen LogP contribution is 2.34.